The lowest BCUT2D eigenvalue weighted by atomic mass is 10.0. The topological polar surface area (TPSA) is 73.9 Å². The van der Waals surface area contributed by atoms with Gasteiger partial charge in [0.25, 0.3) is 0 Å². The minimum Gasteiger partial charge on any atom is -0.488 e. The summed E-state index contributed by atoms with van der Waals surface area (Å²) < 4.78 is 16.7. The second kappa shape index (κ2) is 10.9. The van der Waals surface area contributed by atoms with Crippen LogP contribution in [-0.4, -0.2) is 34.9 Å². The van der Waals surface area contributed by atoms with Gasteiger partial charge < -0.3 is 19.5 Å². The highest BCUT2D eigenvalue weighted by molar-refractivity contribution is 5.70. The number of carbonyl (C=O) groups is 2. The van der Waals surface area contributed by atoms with E-state index >= 15 is 0 Å². The molecular weight excluding hydrogens is 394 g/mol. The summed E-state index contributed by atoms with van der Waals surface area (Å²) in [5.41, 5.74) is -0.261. The maximum Gasteiger partial charge on any atom is 0.407 e. The van der Waals surface area contributed by atoms with E-state index in [2.05, 4.69) is 5.32 Å². The largest absolute Gasteiger partial charge is 0.488 e. The van der Waals surface area contributed by atoms with E-state index in [1.54, 1.807) is 0 Å². The molecule has 0 aliphatic carbocycles. The fourth-order valence-corrected chi connectivity index (χ4v) is 2.92. The Hall–Kier alpha value is -2.24. The molecule has 1 atom stereocenters. The Morgan fingerprint density at radius 2 is 1.39 bits per heavy atom. The van der Waals surface area contributed by atoms with Crippen molar-refractivity contribution < 1.29 is 23.8 Å². The van der Waals surface area contributed by atoms with Gasteiger partial charge in [-0.25, -0.2) is 4.79 Å². The molecule has 0 saturated carbocycles. The first kappa shape index (κ1) is 26.8. The fraction of sp³-hybridized carbons (Fsp3) is 0.680. The van der Waals surface area contributed by atoms with Gasteiger partial charge in [-0.2, -0.15) is 0 Å². The van der Waals surface area contributed by atoms with Crippen LogP contribution in [0.4, 0.5) is 4.79 Å². The normalized spacial score (nSPS) is 13.3. The van der Waals surface area contributed by atoms with Gasteiger partial charge >= 0.3 is 12.1 Å². The van der Waals surface area contributed by atoms with Gasteiger partial charge in [-0.1, -0.05) is 12.1 Å². The van der Waals surface area contributed by atoms with Crippen LogP contribution in [-0.2, 0) is 20.7 Å². The number of benzene rings is 1. The Labute approximate surface area is 188 Å². The lowest BCUT2D eigenvalue weighted by Crippen LogP contribution is -2.40. The Balaban J connectivity index is 2.75. The minimum absolute atomic E-state index is 0.160. The molecule has 0 aliphatic heterocycles. The third-order valence-electron chi connectivity index (χ3n) is 3.90. The van der Waals surface area contributed by atoms with Crippen molar-refractivity contribution in [2.24, 2.45) is 0 Å². The third-order valence-corrected chi connectivity index (χ3v) is 3.90. The van der Waals surface area contributed by atoms with E-state index in [9.17, 15) is 9.59 Å². The third kappa shape index (κ3) is 13.6. The van der Waals surface area contributed by atoms with Crippen LogP contribution in [0.1, 0.15) is 87.1 Å². The molecule has 0 heterocycles. The van der Waals surface area contributed by atoms with Crippen molar-refractivity contribution in [1.29, 1.82) is 0 Å². The number of carbonyl (C=O) groups excluding carboxylic acids is 2. The summed E-state index contributed by atoms with van der Waals surface area (Å²) in [6.45, 7) is 17.1. The zero-order chi connectivity index (χ0) is 23.9. The first-order chi connectivity index (χ1) is 14.0. The second-order valence-electron chi connectivity index (χ2n) is 10.9. The quantitative estimate of drug-likeness (QED) is 0.522. The average molecular weight is 436 g/mol. The molecule has 0 aromatic heterocycles. The maximum absolute atomic E-state index is 12.3. The van der Waals surface area contributed by atoms with Crippen molar-refractivity contribution in [2.45, 2.75) is 111 Å². The lowest BCUT2D eigenvalue weighted by molar-refractivity contribution is -0.154. The van der Waals surface area contributed by atoms with Gasteiger partial charge in [0.1, 0.15) is 22.6 Å². The molecule has 1 aromatic rings. The summed E-state index contributed by atoms with van der Waals surface area (Å²) in [4.78, 5) is 24.3. The monoisotopic (exact) mass is 435 g/mol. The Morgan fingerprint density at radius 1 is 0.839 bits per heavy atom. The van der Waals surface area contributed by atoms with E-state index < -0.39 is 17.3 Å². The molecule has 31 heavy (non-hydrogen) atoms. The van der Waals surface area contributed by atoms with Crippen LogP contribution in [0.25, 0.3) is 0 Å². The molecule has 0 unspecified atom stereocenters. The average Bonchev–Trinajstić information content (AvgIpc) is 2.51. The molecule has 0 aliphatic rings. The van der Waals surface area contributed by atoms with Gasteiger partial charge in [0.15, 0.2) is 0 Å². The van der Waals surface area contributed by atoms with Crippen LogP contribution in [0.2, 0.25) is 0 Å². The SMILES string of the molecule is CC(C)(C)OC(=O)CCC[C@H](Cc1ccc(OC(C)(C)C)cc1)NC(=O)OC(C)(C)C. The highest BCUT2D eigenvalue weighted by Crippen LogP contribution is 2.20. The minimum atomic E-state index is -0.572. The van der Waals surface area contributed by atoms with Crippen molar-refractivity contribution in [3.8, 4) is 5.75 Å². The molecule has 0 saturated heterocycles. The van der Waals surface area contributed by atoms with Gasteiger partial charge in [0, 0.05) is 12.5 Å². The fourth-order valence-electron chi connectivity index (χ4n) is 2.92. The highest BCUT2D eigenvalue weighted by atomic mass is 16.6. The number of rotatable bonds is 8. The zero-order valence-corrected chi connectivity index (χ0v) is 20.8. The van der Waals surface area contributed by atoms with E-state index in [0.29, 0.717) is 25.7 Å². The number of ether oxygens (including phenoxy) is 3. The number of hydrogen-bond acceptors (Lipinski definition) is 5. The molecule has 1 N–H and O–H groups in total. The summed E-state index contributed by atoms with van der Waals surface area (Å²) in [5, 5.41) is 2.95. The van der Waals surface area contributed by atoms with Crippen molar-refractivity contribution in [3.05, 3.63) is 29.8 Å². The molecule has 176 valence electrons. The van der Waals surface area contributed by atoms with Crippen LogP contribution in [0.15, 0.2) is 24.3 Å². The van der Waals surface area contributed by atoms with Gasteiger partial charge in [0.05, 0.1) is 0 Å². The molecule has 6 nitrogen and oxygen atoms in total. The summed E-state index contributed by atoms with van der Waals surface area (Å²) in [7, 11) is 0. The van der Waals surface area contributed by atoms with Crippen LogP contribution in [0.5, 0.6) is 5.75 Å². The zero-order valence-electron chi connectivity index (χ0n) is 20.8. The van der Waals surface area contributed by atoms with E-state index in [0.717, 1.165) is 11.3 Å². The molecule has 1 amide bonds. The molecule has 1 aromatic carbocycles. The van der Waals surface area contributed by atoms with Gasteiger partial charge in [0.2, 0.25) is 0 Å². The summed E-state index contributed by atoms with van der Waals surface area (Å²) in [5.74, 6) is 0.574. The van der Waals surface area contributed by atoms with Crippen LogP contribution in [0, 0.1) is 0 Å². The molecule has 0 radical (unpaired) electrons. The van der Waals surface area contributed by atoms with Crippen molar-refractivity contribution in [3.63, 3.8) is 0 Å². The summed E-state index contributed by atoms with van der Waals surface area (Å²) in [6.07, 6.45) is 1.73. The molecule has 6 heteroatoms. The Kier molecular flexibility index (Phi) is 9.40. The standard InChI is InChI=1S/C25H41NO5/c1-23(2,3)29-20-15-13-18(14-16-20)17-19(26-22(28)31-25(7,8)9)11-10-12-21(27)30-24(4,5)6/h13-16,19H,10-12,17H2,1-9H3,(H,26,28)/t19-/m1/s1. The van der Waals surface area contributed by atoms with Crippen LogP contribution >= 0.6 is 0 Å². The van der Waals surface area contributed by atoms with Gasteiger partial charge in [-0.05, 0) is 99.3 Å². The Morgan fingerprint density at radius 3 is 1.87 bits per heavy atom. The van der Waals surface area contributed by atoms with E-state index in [1.165, 1.54) is 0 Å². The van der Waals surface area contributed by atoms with E-state index in [4.69, 9.17) is 14.2 Å². The van der Waals surface area contributed by atoms with Gasteiger partial charge in [-0.3, -0.25) is 4.79 Å². The van der Waals surface area contributed by atoms with E-state index in [-0.39, 0.29) is 17.6 Å². The second-order valence-corrected chi connectivity index (χ2v) is 10.9. The van der Waals surface area contributed by atoms with Gasteiger partial charge in [-0.15, -0.1) is 0 Å². The first-order valence-electron chi connectivity index (χ1n) is 11.0. The van der Waals surface area contributed by atoms with Crippen LogP contribution in [0.3, 0.4) is 0 Å². The number of amides is 1. The molecule has 0 fully saturated rings. The smallest absolute Gasteiger partial charge is 0.407 e. The molecule has 0 bridgehead atoms. The highest BCUT2D eigenvalue weighted by Gasteiger charge is 2.21. The number of esters is 1. The number of nitrogens with one attached hydrogen (secondary N) is 1. The molecule has 0 spiro atoms. The maximum atomic E-state index is 12.3. The first-order valence-corrected chi connectivity index (χ1v) is 11.0. The van der Waals surface area contributed by atoms with Crippen molar-refractivity contribution in [2.75, 3.05) is 0 Å². The van der Waals surface area contributed by atoms with Crippen LogP contribution < -0.4 is 10.1 Å². The molecule has 1 rings (SSSR count). The predicted molar refractivity (Wildman–Crippen MR) is 123 cm³/mol. The van der Waals surface area contributed by atoms with E-state index in [1.807, 2.05) is 86.6 Å². The number of hydrogen-bond donors (Lipinski definition) is 1. The Bertz CT molecular complexity index is 705. The predicted octanol–water partition coefficient (Wildman–Crippen LogP) is 5.81. The summed E-state index contributed by atoms with van der Waals surface area (Å²) >= 11 is 0. The lowest BCUT2D eigenvalue weighted by Gasteiger charge is -2.24. The molecular formula is C25H41NO5. The summed E-state index contributed by atoms with van der Waals surface area (Å²) in [6, 6.07) is 7.71. The number of alkyl carbamates (subject to hydrolysis) is 1. The van der Waals surface area contributed by atoms with Crippen molar-refractivity contribution >= 4 is 12.1 Å². The van der Waals surface area contributed by atoms with Crippen molar-refractivity contribution in [1.82, 2.24) is 5.32 Å².